The molecule has 0 aliphatic carbocycles. The number of aliphatic hydroxyl groups is 1. The number of aromatic nitrogens is 2. The number of rotatable bonds is 6. The fraction of sp³-hybridized carbons (Fsp3) is 0.125. The first kappa shape index (κ1) is 18.8. The zero-order valence-electron chi connectivity index (χ0n) is 16.3. The van der Waals surface area contributed by atoms with Gasteiger partial charge < -0.3 is 14.6 Å². The minimum absolute atomic E-state index is 0.581. The molecule has 0 saturated carbocycles. The van der Waals surface area contributed by atoms with Crippen molar-refractivity contribution in [2.24, 2.45) is 0 Å². The second-order valence-electron chi connectivity index (χ2n) is 6.61. The lowest BCUT2D eigenvalue weighted by molar-refractivity contribution is 0.214. The Hall–Kier alpha value is -3.57. The Morgan fingerprint density at radius 2 is 1.38 bits per heavy atom. The third-order valence-electron chi connectivity index (χ3n) is 4.83. The van der Waals surface area contributed by atoms with Gasteiger partial charge in [-0.2, -0.15) is 5.10 Å². The van der Waals surface area contributed by atoms with Crippen LogP contribution in [-0.4, -0.2) is 29.1 Å². The predicted octanol–water partition coefficient (Wildman–Crippen LogP) is 4.64. The minimum atomic E-state index is -0.812. The number of aliphatic hydroxyl groups excluding tert-OH is 1. The molecular formula is C24H22N2O3. The van der Waals surface area contributed by atoms with Crippen LogP contribution in [0.2, 0.25) is 0 Å². The van der Waals surface area contributed by atoms with Gasteiger partial charge in [0.25, 0.3) is 0 Å². The van der Waals surface area contributed by atoms with Crippen LogP contribution in [0.15, 0.2) is 84.9 Å². The highest BCUT2D eigenvalue weighted by atomic mass is 16.5. The second kappa shape index (κ2) is 8.20. The molecule has 1 aromatic heterocycles. The van der Waals surface area contributed by atoms with Gasteiger partial charge in [0.1, 0.15) is 17.6 Å². The summed E-state index contributed by atoms with van der Waals surface area (Å²) in [5.74, 6) is 1.56. The third-order valence-corrected chi connectivity index (χ3v) is 4.83. The van der Waals surface area contributed by atoms with Gasteiger partial charge in [-0.1, -0.05) is 30.3 Å². The number of benzene rings is 3. The molecule has 5 heteroatoms. The molecule has 1 N–H and O–H groups in total. The van der Waals surface area contributed by atoms with E-state index >= 15 is 0 Å². The average molecular weight is 386 g/mol. The summed E-state index contributed by atoms with van der Waals surface area (Å²) in [5, 5.41) is 15.6. The molecular weight excluding hydrogens is 364 g/mol. The number of hydrogen-bond acceptors (Lipinski definition) is 4. The molecule has 0 fully saturated rings. The maximum Gasteiger partial charge on any atom is 0.123 e. The lowest BCUT2D eigenvalue weighted by atomic mass is 10.1. The zero-order valence-corrected chi connectivity index (χ0v) is 16.3. The van der Waals surface area contributed by atoms with E-state index in [1.807, 2.05) is 89.6 Å². The topological polar surface area (TPSA) is 56.5 Å². The van der Waals surface area contributed by atoms with Crippen LogP contribution in [0.25, 0.3) is 16.9 Å². The van der Waals surface area contributed by atoms with Gasteiger partial charge in [-0.05, 0) is 60.2 Å². The molecule has 0 saturated heterocycles. The van der Waals surface area contributed by atoms with Crippen molar-refractivity contribution in [3.05, 3.63) is 96.2 Å². The minimum Gasteiger partial charge on any atom is -0.497 e. The summed E-state index contributed by atoms with van der Waals surface area (Å²) < 4.78 is 12.4. The molecule has 4 rings (SSSR count). The van der Waals surface area contributed by atoms with Crippen molar-refractivity contribution in [1.29, 1.82) is 0 Å². The van der Waals surface area contributed by atoms with Crippen molar-refractivity contribution in [1.82, 2.24) is 9.78 Å². The number of ether oxygens (including phenoxy) is 2. The fourth-order valence-electron chi connectivity index (χ4n) is 3.23. The Labute approximate surface area is 169 Å². The molecule has 5 nitrogen and oxygen atoms in total. The van der Waals surface area contributed by atoms with Gasteiger partial charge in [0.05, 0.1) is 31.3 Å². The van der Waals surface area contributed by atoms with E-state index in [9.17, 15) is 5.11 Å². The first-order chi connectivity index (χ1) is 14.2. The molecule has 4 aromatic rings. The summed E-state index contributed by atoms with van der Waals surface area (Å²) in [6, 6.07) is 26.9. The van der Waals surface area contributed by atoms with Crippen LogP contribution in [0.3, 0.4) is 0 Å². The molecule has 0 spiro atoms. The van der Waals surface area contributed by atoms with E-state index in [1.54, 1.807) is 14.2 Å². The van der Waals surface area contributed by atoms with Crippen LogP contribution in [0.5, 0.6) is 11.5 Å². The van der Waals surface area contributed by atoms with E-state index in [0.29, 0.717) is 5.69 Å². The molecule has 1 atom stereocenters. The lowest BCUT2D eigenvalue weighted by Gasteiger charge is -2.09. The average Bonchev–Trinajstić information content (AvgIpc) is 3.24. The Bertz CT molecular complexity index is 1010. The normalized spacial score (nSPS) is 11.8. The summed E-state index contributed by atoms with van der Waals surface area (Å²) in [6.07, 6.45) is -0.812. The van der Waals surface area contributed by atoms with Crippen LogP contribution >= 0.6 is 0 Å². The van der Waals surface area contributed by atoms with Gasteiger partial charge in [0, 0.05) is 5.56 Å². The monoisotopic (exact) mass is 386 g/mol. The molecule has 146 valence electrons. The van der Waals surface area contributed by atoms with Gasteiger partial charge in [-0.15, -0.1) is 0 Å². The SMILES string of the molecule is COc1ccc(-c2cc(C(O)c3ccccc3)nn2-c2ccc(OC)cc2)cc1. The Balaban J connectivity index is 1.81. The highest BCUT2D eigenvalue weighted by molar-refractivity contribution is 5.64. The van der Waals surface area contributed by atoms with E-state index in [1.165, 1.54) is 0 Å². The molecule has 3 aromatic carbocycles. The van der Waals surface area contributed by atoms with Crippen LogP contribution in [0, 0.1) is 0 Å². The highest BCUT2D eigenvalue weighted by Gasteiger charge is 2.18. The number of hydrogen-bond donors (Lipinski definition) is 1. The first-order valence-corrected chi connectivity index (χ1v) is 9.31. The summed E-state index contributed by atoms with van der Waals surface area (Å²) >= 11 is 0. The van der Waals surface area contributed by atoms with E-state index < -0.39 is 6.10 Å². The Morgan fingerprint density at radius 1 is 0.793 bits per heavy atom. The summed E-state index contributed by atoms with van der Waals surface area (Å²) in [6.45, 7) is 0. The standard InChI is InChI=1S/C24H22N2O3/c1-28-20-12-8-17(9-13-20)23-16-22(24(27)18-6-4-3-5-7-18)25-26(23)19-10-14-21(29-2)15-11-19/h3-16,24,27H,1-2H3. The molecule has 0 bridgehead atoms. The molecule has 1 heterocycles. The van der Waals surface area contributed by atoms with Crippen molar-refractivity contribution in [2.45, 2.75) is 6.10 Å². The Morgan fingerprint density at radius 3 is 1.97 bits per heavy atom. The lowest BCUT2D eigenvalue weighted by Crippen LogP contribution is -2.03. The van der Waals surface area contributed by atoms with Crippen LogP contribution < -0.4 is 9.47 Å². The van der Waals surface area contributed by atoms with Crippen LogP contribution in [-0.2, 0) is 0 Å². The summed E-state index contributed by atoms with van der Waals surface area (Å²) in [4.78, 5) is 0. The predicted molar refractivity (Wildman–Crippen MR) is 113 cm³/mol. The van der Waals surface area contributed by atoms with Gasteiger partial charge in [-0.3, -0.25) is 0 Å². The zero-order chi connectivity index (χ0) is 20.2. The van der Waals surface area contributed by atoms with E-state index in [0.717, 1.165) is 34.0 Å². The number of methoxy groups -OCH3 is 2. The van der Waals surface area contributed by atoms with E-state index in [4.69, 9.17) is 14.6 Å². The maximum atomic E-state index is 10.9. The van der Waals surface area contributed by atoms with Crippen molar-refractivity contribution in [3.63, 3.8) is 0 Å². The van der Waals surface area contributed by atoms with E-state index in [-0.39, 0.29) is 0 Å². The molecule has 0 radical (unpaired) electrons. The molecule has 29 heavy (non-hydrogen) atoms. The summed E-state index contributed by atoms with van der Waals surface area (Å²) in [7, 11) is 3.28. The first-order valence-electron chi connectivity index (χ1n) is 9.31. The van der Waals surface area contributed by atoms with Gasteiger partial charge >= 0.3 is 0 Å². The van der Waals surface area contributed by atoms with Crippen molar-refractivity contribution >= 4 is 0 Å². The fourth-order valence-corrected chi connectivity index (χ4v) is 3.23. The van der Waals surface area contributed by atoms with Crippen LogP contribution in [0.1, 0.15) is 17.4 Å². The quantitative estimate of drug-likeness (QED) is 0.525. The van der Waals surface area contributed by atoms with Crippen molar-refractivity contribution in [3.8, 4) is 28.4 Å². The Kier molecular flexibility index (Phi) is 5.31. The largest absolute Gasteiger partial charge is 0.497 e. The van der Waals surface area contributed by atoms with Gasteiger partial charge in [-0.25, -0.2) is 4.68 Å². The maximum absolute atomic E-state index is 10.9. The number of nitrogens with zero attached hydrogens (tertiary/aromatic N) is 2. The van der Waals surface area contributed by atoms with E-state index in [2.05, 4.69) is 0 Å². The van der Waals surface area contributed by atoms with Gasteiger partial charge in [0.15, 0.2) is 0 Å². The summed E-state index contributed by atoms with van der Waals surface area (Å²) in [5.41, 5.74) is 4.11. The van der Waals surface area contributed by atoms with Crippen LogP contribution in [0.4, 0.5) is 0 Å². The smallest absolute Gasteiger partial charge is 0.123 e. The van der Waals surface area contributed by atoms with Crippen molar-refractivity contribution in [2.75, 3.05) is 14.2 Å². The highest BCUT2D eigenvalue weighted by Crippen LogP contribution is 2.30. The molecule has 0 amide bonds. The molecule has 0 aliphatic heterocycles. The third kappa shape index (κ3) is 3.86. The molecule has 0 aliphatic rings. The molecule has 1 unspecified atom stereocenters. The second-order valence-corrected chi connectivity index (χ2v) is 6.61. The van der Waals surface area contributed by atoms with Gasteiger partial charge in [0.2, 0.25) is 0 Å². The van der Waals surface area contributed by atoms with Crippen molar-refractivity contribution < 1.29 is 14.6 Å².